The number of guanidine groups is 1. The van der Waals surface area contributed by atoms with Crippen molar-refractivity contribution in [1.29, 1.82) is 0 Å². The summed E-state index contributed by atoms with van der Waals surface area (Å²) in [6.07, 6.45) is 3.57. The molecule has 1 saturated carbocycles. The zero-order chi connectivity index (χ0) is 19.9. The van der Waals surface area contributed by atoms with Crippen molar-refractivity contribution in [2.75, 3.05) is 13.6 Å². The van der Waals surface area contributed by atoms with Gasteiger partial charge in [-0.3, -0.25) is 4.99 Å². The van der Waals surface area contributed by atoms with Crippen molar-refractivity contribution in [3.05, 3.63) is 22.4 Å². The number of rotatable bonds is 5. The summed E-state index contributed by atoms with van der Waals surface area (Å²) in [4.78, 5) is 16.3. The van der Waals surface area contributed by atoms with Crippen molar-refractivity contribution in [1.82, 2.24) is 16.0 Å². The van der Waals surface area contributed by atoms with E-state index in [2.05, 4.69) is 44.7 Å². The number of amides is 1. The summed E-state index contributed by atoms with van der Waals surface area (Å²) in [5.41, 5.74) is 0.901. The molecule has 1 unspecified atom stereocenters. The van der Waals surface area contributed by atoms with Gasteiger partial charge in [0.25, 0.3) is 0 Å². The molecule has 0 spiro atoms. The second-order valence-corrected chi connectivity index (χ2v) is 9.03. The Morgan fingerprint density at radius 2 is 1.86 bits per heavy atom. The molecule has 0 radical (unpaired) electrons. The predicted molar refractivity (Wildman–Crippen MR) is 128 cm³/mol. The minimum atomic E-state index is -0.457. The summed E-state index contributed by atoms with van der Waals surface area (Å²) in [7, 11) is 1.81. The summed E-state index contributed by atoms with van der Waals surface area (Å²) in [6.45, 7) is 8.71. The van der Waals surface area contributed by atoms with Crippen molar-refractivity contribution in [2.24, 2.45) is 4.99 Å². The number of carbonyl (C=O) groups excluding carboxylic acids is 1. The fourth-order valence-corrected chi connectivity index (χ4v) is 3.95. The molecular formula is C20H35IN4O2S. The molecule has 2 rings (SSSR count). The third-order valence-corrected chi connectivity index (χ3v) is 5.40. The quantitative estimate of drug-likeness (QED) is 0.303. The van der Waals surface area contributed by atoms with Crippen LogP contribution in [0.4, 0.5) is 4.79 Å². The molecule has 1 amide bonds. The van der Waals surface area contributed by atoms with Gasteiger partial charge in [0, 0.05) is 25.7 Å². The summed E-state index contributed by atoms with van der Waals surface area (Å²) < 4.78 is 5.34. The van der Waals surface area contributed by atoms with Gasteiger partial charge >= 0.3 is 6.09 Å². The van der Waals surface area contributed by atoms with Gasteiger partial charge in [0.2, 0.25) is 0 Å². The number of halogens is 1. The van der Waals surface area contributed by atoms with Crippen LogP contribution in [0.15, 0.2) is 21.8 Å². The van der Waals surface area contributed by atoms with Crippen LogP contribution in [0, 0.1) is 0 Å². The molecule has 0 saturated heterocycles. The van der Waals surface area contributed by atoms with Crippen LogP contribution in [0.3, 0.4) is 0 Å². The number of nitrogens with zero attached hydrogens (tertiary/aromatic N) is 1. The second kappa shape index (κ2) is 11.8. The van der Waals surface area contributed by atoms with Gasteiger partial charge in [-0.05, 0) is 74.8 Å². The van der Waals surface area contributed by atoms with Crippen LogP contribution in [0.5, 0.6) is 0 Å². The zero-order valence-corrected chi connectivity index (χ0v) is 20.7. The Hall–Kier alpha value is -1.03. The van der Waals surface area contributed by atoms with Gasteiger partial charge < -0.3 is 20.7 Å². The number of aliphatic imine (C=N–C) groups is 1. The largest absolute Gasteiger partial charge is 0.444 e. The van der Waals surface area contributed by atoms with E-state index < -0.39 is 5.60 Å². The lowest BCUT2D eigenvalue weighted by Crippen LogP contribution is -2.48. The molecule has 1 fully saturated rings. The summed E-state index contributed by atoms with van der Waals surface area (Å²) >= 11 is 1.73. The number of thiophene rings is 1. The highest BCUT2D eigenvalue weighted by molar-refractivity contribution is 14.0. The molecule has 1 atom stereocenters. The van der Waals surface area contributed by atoms with E-state index in [1.165, 1.54) is 5.56 Å². The number of hydrogen-bond donors (Lipinski definition) is 3. The second-order valence-electron chi connectivity index (χ2n) is 8.25. The molecule has 6 nitrogen and oxygen atoms in total. The third-order valence-electron chi connectivity index (χ3n) is 4.70. The van der Waals surface area contributed by atoms with Crippen LogP contribution in [0.2, 0.25) is 0 Å². The maximum absolute atomic E-state index is 11.9. The van der Waals surface area contributed by atoms with E-state index in [1.807, 2.05) is 20.8 Å². The van der Waals surface area contributed by atoms with Crippen LogP contribution in [-0.4, -0.2) is 43.3 Å². The van der Waals surface area contributed by atoms with Crippen molar-refractivity contribution >= 4 is 47.4 Å². The van der Waals surface area contributed by atoms with Gasteiger partial charge in [0.05, 0.1) is 0 Å². The molecule has 3 N–H and O–H groups in total. The molecule has 0 aromatic carbocycles. The third kappa shape index (κ3) is 8.98. The van der Waals surface area contributed by atoms with Crippen molar-refractivity contribution in [2.45, 2.75) is 77.0 Å². The lowest BCUT2D eigenvalue weighted by Gasteiger charge is -2.31. The van der Waals surface area contributed by atoms with Crippen molar-refractivity contribution in [3.63, 3.8) is 0 Å². The number of nitrogens with one attached hydrogen (secondary N) is 3. The minimum Gasteiger partial charge on any atom is -0.444 e. The van der Waals surface area contributed by atoms with Crippen LogP contribution in [0.1, 0.15) is 64.9 Å². The highest BCUT2D eigenvalue weighted by Crippen LogP contribution is 2.20. The van der Waals surface area contributed by atoms with Gasteiger partial charge in [0.15, 0.2) is 5.96 Å². The number of hydrogen-bond acceptors (Lipinski definition) is 4. The normalized spacial score (nSPS) is 21.2. The first kappa shape index (κ1) is 25.0. The lowest BCUT2D eigenvalue weighted by molar-refractivity contribution is 0.0490. The Kier molecular flexibility index (Phi) is 10.6. The summed E-state index contributed by atoms with van der Waals surface area (Å²) in [5, 5.41) is 14.2. The maximum Gasteiger partial charge on any atom is 0.407 e. The van der Waals surface area contributed by atoms with Gasteiger partial charge in [0.1, 0.15) is 5.60 Å². The van der Waals surface area contributed by atoms with E-state index in [1.54, 1.807) is 18.4 Å². The molecule has 0 bridgehead atoms. The number of alkyl carbamates (subject to hydrolysis) is 1. The van der Waals surface area contributed by atoms with Gasteiger partial charge in [-0.25, -0.2) is 4.79 Å². The average Bonchev–Trinajstić information content (AvgIpc) is 3.12. The van der Waals surface area contributed by atoms with E-state index in [4.69, 9.17) is 4.74 Å². The molecule has 1 aliphatic rings. The Morgan fingerprint density at radius 1 is 1.25 bits per heavy atom. The highest BCUT2D eigenvalue weighted by Gasteiger charge is 2.25. The monoisotopic (exact) mass is 522 g/mol. The van der Waals surface area contributed by atoms with E-state index in [-0.39, 0.29) is 36.1 Å². The van der Waals surface area contributed by atoms with Gasteiger partial charge in [-0.1, -0.05) is 6.92 Å². The Bertz CT molecular complexity index is 608. The molecule has 28 heavy (non-hydrogen) atoms. The Morgan fingerprint density at radius 3 is 2.36 bits per heavy atom. The molecule has 8 heteroatoms. The standard InChI is InChI=1S/C20H34N4O2S.HI/c1-14(15-10-11-27-13-15)12-22-18(21-5)23-16-6-8-17(9-7-16)24-19(25)26-20(2,3)4;/h10-11,13-14,16-17H,6-9,12H2,1-5H3,(H,24,25)(H2,21,22,23);1H. The van der Waals surface area contributed by atoms with Crippen LogP contribution < -0.4 is 16.0 Å². The maximum atomic E-state index is 11.9. The molecule has 1 aromatic heterocycles. The number of ether oxygens (including phenoxy) is 1. The molecule has 160 valence electrons. The highest BCUT2D eigenvalue weighted by atomic mass is 127. The first-order valence-corrected chi connectivity index (χ1v) is 10.7. The first-order chi connectivity index (χ1) is 12.8. The molecule has 1 aliphatic carbocycles. The molecule has 1 aromatic rings. The fraction of sp³-hybridized carbons (Fsp3) is 0.700. The van der Waals surface area contributed by atoms with Crippen molar-refractivity contribution < 1.29 is 9.53 Å². The first-order valence-electron chi connectivity index (χ1n) is 9.75. The van der Waals surface area contributed by atoms with Crippen LogP contribution in [-0.2, 0) is 4.74 Å². The van der Waals surface area contributed by atoms with E-state index in [0.717, 1.165) is 38.2 Å². The fourth-order valence-electron chi connectivity index (χ4n) is 3.17. The van der Waals surface area contributed by atoms with Crippen molar-refractivity contribution in [3.8, 4) is 0 Å². The number of carbonyl (C=O) groups is 1. The average molecular weight is 522 g/mol. The Balaban J connectivity index is 0.00000392. The smallest absolute Gasteiger partial charge is 0.407 e. The molecular weight excluding hydrogens is 487 g/mol. The van der Waals surface area contributed by atoms with Crippen LogP contribution >= 0.6 is 35.3 Å². The summed E-state index contributed by atoms with van der Waals surface area (Å²) in [5.74, 6) is 1.30. The van der Waals surface area contributed by atoms with E-state index in [0.29, 0.717) is 12.0 Å². The lowest BCUT2D eigenvalue weighted by atomic mass is 9.91. The van der Waals surface area contributed by atoms with Crippen LogP contribution in [0.25, 0.3) is 0 Å². The van der Waals surface area contributed by atoms with E-state index >= 15 is 0 Å². The zero-order valence-electron chi connectivity index (χ0n) is 17.6. The minimum absolute atomic E-state index is 0. The van der Waals surface area contributed by atoms with Gasteiger partial charge in [-0.15, -0.1) is 24.0 Å². The Labute approximate surface area is 190 Å². The van der Waals surface area contributed by atoms with E-state index in [9.17, 15) is 4.79 Å². The SMILES string of the molecule is CN=C(NCC(C)c1ccsc1)NC1CCC(NC(=O)OC(C)(C)C)CC1.I. The van der Waals surface area contributed by atoms with Gasteiger partial charge in [-0.2, -0.15) is 11.3 Å². The predicted octanol–water partition coefficient (Wildman–Crippen LogP) is 4.47. The molecule has 1 heterocycles. The topological polar surface area (TPSA) is 74.8 Å². The summed E-state index contributed by atoms with van der Waals surface area (Å²) in [6, 6.07) is 2.74. The molecule has 0 aliphatic heterocycles.